The van der Waals surface area contributed by atoms with E-state index in [1.54, 1.807) is 11.1 Å². The van der Waals surface area contributed by atoms with E-state index in [9.17, 15) is 0 Å². The minimum atomic E-state index is 0.147. The number of anilines is 5. The maximum absolute atomic E-state index is 2.74. The molecule has 59 heavy (non-hydrogen) atoms. The van der Waals surface area contributed by atoms with Gasteiger partial charge in [0.15, 0.2) is 0 Å². The normalized spacial score (nSPS) is 25.6. The van der Waals surface area contributed by atoms with Crippen molar-refractivity contribution in [1.82, 2.24) is 0 Å². The van der Waals surface area contributed by atoms with Gasteiger partial charge in [-0.05, 0) is 139 Å². The van der Waals surface area contributed by atoms with Gasteiger partial charge >= 0.3 is 0 Å². The number of piperidine rings is 1. The van der Waals surface area contributed by atoms with Crippen LogP contribution in [-0.4, -0.2) is 12.6 Å². The standard InChI is InChI=1S/C56H53N3/c1-2-15-44(16-3-1)58-52-18-6-8-20-54(52)59(55-21-9-7-19-53(55)58)46-28-27-42-35-39(24-26-43(42)37-46)22-23-40-25-30-47-48-31-29-45(57-34-12-14-41-13-4-5-17-51(41)57)38-50(48)56(49(47)36-40)32-10-11-33-56/h2,5-9,15-31,35-38,41-43,51H,1,3-4,10-14,32-34H2/b23-22+. The Morgan fingerprint density at radius 1 is 0.576 bits per heavy atom. The molecule has 2 aliphatic heterocycles. The Labute approximate surface area is 350 Å². The third-order valence-corrected chi connectivity index (χ3v) is 14.9. The maximum Gasteiger partial charge on any atom is 0.0703 e. The third-order valence-electron chi connectivity index (χ3n) is 14.9. The monoisotopic (exact) mass is 767 g/mol. The Balaban J connectivity index is 0.805. The van der Waals surface area contributed by atoms with Crippen LogP contribution < -0.4 is 14.7 Å². The first-order valence-corrected chi connectivity index (χ1v) is 22.6. The fourth-order valence-corrected chi connectivity index (χ4v) is 12.1. The average molecular weight is 768 g/mol. The lowest BCUT2D eigenvalue weighted by Gasteiger charge is -2.43. The van der Waals surface area contributed by atoms with Gasteiger partial charge in [0.2, 0.25) is 0 Å². The summed E-state index contributed by atoms with van der Waals surface area (Å²) in [5.41, 5.74) is 17.6. The van der Waals surface area contributed by atoms with Gasteiger partial charge in [-0.15, -0.1) is 0 Å². The first-order chi connectivity index (χ1) is 29.2. The first kappa shape index (κ1) is 35.2. The van der Waals surface area contributed by atoms with Crippen LogP contribution >= 0.6 is 0 Å². The van der Waals surface area contributed by atoms with Gasteiger partial charge in [-0.1, -0.05) is 128 Å². The van der Waals surface area contributed by atoms with Crippen LogP contribution in [0.4, 0.5) is 28.4 Å². The minimum absolute atomic E-state index is 0.147. The zero-order chi connectivity index (χ0) is 38.9. The quantitative estimate of drug-likeness (QED) is 0.187. The van der Waals surface area contributed by atoms with E-state index in [0.717, 1.165) is 18.8 Å². The number of para-hydroxylation sites is 4. The van der Waals surface area contributed by atoms with E-state index in [1.807, 2.05) is 0 Å². The molecule has 0 radical (unpaired) electrons. The van der Waals surface area contributed by atoms with E-state index < -0.39 is 0 Å². The summed E-state index contributed by atoms with van der Waals surface area (Å²) in [5.74, 6) is 1.45. The van der Waals surface area contributed by atoms with E-state index in [1.165, 1.54) is 120 Å². The Bertz CT molecular complexity index is 2550. The second-order valence-corrected chi connectivity index (χ2v) is 18.1. The second-order valence-electron chi connectivity index (χ2n) is 18.1. The maximum atomic E-state index is 2.74. The van der Waals surface area contributed by atoms with Crippen LogP contribution in [0.2, 0.25) is 0 Å². The molecule has 0 amide bonds. The molecule has 4 aromatic carbocycles. The van der Waals surface area contributed by atoms with Crippen LogP contribution in [0.3, 0.4) is 0 Å². The summed E-state index contributed by atoms with van der Waals surface area (Å²) < 4.78 is 0. The molecule has 6 aliphatic carbocycles. The topological polar surface area (TPSA) is 9.72 Å². The van der Waals surface area contributed by atoms with E-state index in [2.05, 4.69) is 179 Å². The smallest absolute Gasteiger partial charge is 0.0703 e. The number of allylic oxidation sites excluding steroid dienone is 12. The van der Waals surface area contributed by atoms with Crippen LogP contribution in [0.15, 0.2) is 175 Å². The lowest BCUT2D eigenvalue weighted by molar-refractivity contribution is 0.332. The summed E-state index contributed by atoms with van der Waals surface area (Å²) in [6.07, 6.45) is 43.7. The molecule has 8 aliphatic rings. The van der Waals surface area contributed by atoms with Crippen molar-refractivity contribution >= 4 is 34.5 Å². The molecule has 1 saturated carbocycles. The molecule has 292 valence electrons. The van der Waals surface area contributed by atoms with Crippen molar-refractivity contribution < 1.29 is 0 Å². The molecule has 4 aromatic rings. The van der Waals surface area contributed by atoms with E-state index in [0.29, 0.717) is 17.9 Å². The van der Waals surface area contributed by atoms with Crippen LogP contribution in [0.1, 0.15) is 80.9 Å². The predicted octanol–water partition coefficient (Wildman–Crippen LogP) is 14.2. The number of hydrogen-bond donors (Lipinski definition) is 0. The van der Waals surface area contributed by atoms with Crippen LogP contribution in [0.5, 0.6) is 0 Å². The van der Waals surface area contributed by atoms with Crippen LogP contribution in [-0.2, 0) is 5.41 Å². The Morgan fingerprint density at radius 2 is 1.29 bits per heavy atom. The fraction of sp³-hybridized carbons (Fsp3) is 0.286. The zero-order valence-electron chi connectivity index (χ0n) is 34.0. The van der Waals surface area contributed by atoms with Gasteiger partial charge < -0.3 is 14.7 Å². The highest BCUT2D eigenvalue weighted by atomic mass is 15.3. The average Bonchev–Trinajstić information content (AvgIpc) is 3.90. The molecule has 2 heterocycles. The van der Waals surface area contributed by atoms with Crippen molar-refractivity contribution in [2.75, 3.05) is 21.2 Å². The molecule has 2 fully saturated rings. The highest BCUT2D eigenvalue weighted by Gasteiger charge is 2.46. The highest BCUT2D eigenvalue weighted by molar-refractivity contribution is 5.97. The molecule has 0 N–H and O–H groups in total. The minimum Gasteiger partial charge on any atom is -0.365 e. The lowest BCUT2D eigenvalue weighted by Crippen LogP contribution is -2.45. The lowest BCUT2D eigenvalue weighted by atomic mass is 9.76. The second kappa shape index (κ2) is 14.2. The van der Waals surface area contributed by atoms with Crippen molar-refractivity contribution in [3.8, 4) is 11.1 Å². The molecule has 12 rings (SSSR count). The summed E-state index contributed by atoms with van der Waals surface area (Å²) in [4.78, 5) is 7.65. The van der Waals surface area contributed by atoms with Crippen molar-refractivity contribution in [2.45, 2.75) is 75.7 Å². The van der Waals surface area contributed by atoms with Crippen molar-refractivity contribution in [3.63, 3.8) is 0 Å². The summed E-state index contributed by atoms with van der Waals surface area (Å²) in [7, 11) is 0. The van der Waals surface area contributed by atoms with Crippen LogP contribution in [0, 0.1) is 17.8 Å². The van der Waals surface area contributed by atoms with Gasteiger partial charge in [-0.2, -0.15) is 0 Å². The first-order valence-electron chi connectivity index (χ1n) is 22.6. The Kier molecular flexibility index (Phi) is 8.46. The van der Waals surface area contributed by atoms with Crippen molar-refractivity contribution in [3.05, 3.63) is 191 Å². The number of rotatable bonds is 5. The third kappa shape index (κ3) is 5.75. The van der Waals surface area contributed by atoms with Gasteiger partial charge in [0.05, 0.1) is 28.8 Å². The van der Waals surface area contributed by atoms with Gasteiger partial charge in [0.25, 0.3) is 0 Å². The molecule has 4 atom stereocenters. The molecule has 3 nitrogen and oxygen atoms in total. The van der Waals surface area contributed by atoms with Gasteiger partial charge in [-0.25, -0.2) is 0 Å². The largest absolute Gasteiger partial charge is 0.365 e. The summed E-state index contributed by atoms with van der Waals surface area (Å²) in [6.45, 7) is 1.18. The summed E-state index contributed by atoms with van der Waals surface area (Å²) in [6, 6.07) is 33.2. The van der Waals surface area contributed by atoms with E-state index in [4.69, 9.17) is 0 Å². The summed E-state index contributed by atoms with van der Waals surface area (Å²) >= 11 is 0. The highest BCUT2D eigenvalue weighted by Crippen LogP contribution is 2.58. The number of hydrogen-bond acceptors (Lipinski definition) is 3. The van der Waals surface area contributed by atoms with Gasteiger partial charge in [0.1, 0.15) is 0 Å². The van der Waals surface area contributed by atoms with E-state index >= 15 is 0 Å². The van der Waals surface area contributed by atoms with Gasteiger partial charge in [0, 0.05) is 40.9 Å². The Morgan fingerprint density at radius 3 is 2.05 bits per heavy atom. The van der Waals surface area contributed by atoms with Crippen LogP contribution in [0.25, 0.3) is 17.2 Å². The number of nitrogens with zero attached hydrogens (tertiary/aromatic N) is 3. The van der Waals surface area contributed by atoms with Crippen molar-refractivity contribution in [1.29, 1.82) is 0 Å². The zero-order valence-corrected chi connectivity index (χ0v) is 34.0. The fourth-order valence-electron chi connectivity index (χ4n) is 12.1. The van der Waals surface area contributed by atoms with Gasteiger partial charge in [-0.3, -0.25) is 0 Å². The molecule has 1 saturated heterocycles. The molecule has 0 aromatic heterocycles. The number of fused-ring (bicyclic) bond motifs is 9. The Hall–Kier alpha value is -5.80. The molecule has 1 spiro atoms. The summed E-state index contributed by atoms with van der Waals surface area (Å²) in [5, 5.41) is 0. The molecule has 3 heteroatoms. The molecular formula is C56H53N3. The number of benzene rings is 4. The molecular weight excluding hydrogens is 715 g/mol. The molecule has 4 unspecified atom stereocenters. The SMILES string of the molecule is C1=CC(N2c3ccccc3N(C3=CC4C=CC(/C=C/c5ccc6c(c5)C5(CCCC5)c5cc(N7CCCC8CCC=CC87)ccc5-6)=CC4C=C3)c3ccccc32)=CCC1. The van der Waals surface area contributed by atoms with Crippen molar-refractivity contribution in [2.24, 2.45) is 17.8 Å². The molecule has 0 bridgehead atoms. The predicted molar refractivity (Wildman–Crippen MR) is 247 cm³/mol. The van der Waals surface area contributed by atoms with E-state index in [-0.39, 0.29) is 5.41 Å².